The zero-order valence-electron chi connectivity index (χ0n) is 11.5. The van der Waals surface area contributed by atoms with Crippen molar-refractivity contribution in [3.05, 3.63) is 23.8 Å². The predicted molar refractivity (Wildman–Crippen MR) is 75.4 cm³/mol. The predicted octanol–water partition coefficient (Wildman–Crippen LogP) is 1.74. The van der Waals surface area contributed by atoms with E-state index < -0.39 is 6.10 Å². The Hall–Kier alpha value is -1.70. The van der Waals surface area contributed by atoms with Gasteiger partial charge in [-0.2, -0.15) is 0 Å². The highest BCUT2D eigenvalue weighted by atomic mass is 16.5. The van der Waals surface area contributed by atoms with Gasteiger partial charge in [0.1, 0.15) is 11.5 Å². The quantitative estimate of drug-likeness (QED) is 0.554. The number of ether oxygens (including phenoxy) is 2. The Kier molecular flexibility index (Phi) is 6.80. The molecule has 0 spiro atoms. The number of aliphatic hydroxyl groups excluding tert-OH is 1. The molecule has 0 aliphatic rings. The average molecular weight is 263 g/mol. The second-order valence-corrected chi connectivity index (χ2v) is 4.14. The summed E-state index contributed by atoms with van der Waals surface area (Å²) in [6.07, 6.45) is 6.17. The standard InChI is InChI=1S/C15H21NO3/c1-4-5-6-9-16-11-14(17)13-10-12(18-2)7-8-15(13)19-3/h1,7-8,10,14,16-17H,5-6,9,11H2,2-3H3. The lowest BCUT2D eigenvalue weighted by atomic mass is 10.1. The van der Waals surface area contributed by atoms with Crippen LogP contribution in [0.4, 0.5) is 0 Å². The molecule has 2 N–H and O–H groups in total. The SMILES string of the molecule is C#CCCCNCC(O)c1cc(OC)ccc1OC. The van der Waals surface area contributed by atoms with Crippen LogP contribution in [0.1, 0.15) is 24.5 Å². The molecule has 1 aromatic rings. The average Bonchev–Trinajstić information content (AvgIpc) is 2.46. The van der Waals surface area contributed by atoms with Crippen molar-refractivity contribution in [2.24, 2.45) is 0 Å². The third-order valence-corrected chi connectivity index (χ3v) is 2.81. The molecular formula is C15H21NO3. The van der Waals surface area contributed by atoms with Crippen LogP contribution in [0.5, 0.6) is 11.5 Å². The first-order chi connectivity index (χ1) is 9.22. The molecule has 1 rings (SSSR count). The highest BCUT2D eigenvalue weighted by Gasteiger charge is 2.14. The number of unbranched alkanes of at least 4 members (excludes halogenated alkanes) is 1. The van der Waals surface area contributed by atoms with E-state index in [1.807, 2.05) is 0 Å². The van der Waals surface area contributed by atoms with Crippen LogP contribution < -0.4 is 14.8 Å². The van der Waals surface area contributed by atoms with Crippen LogP contribution in [0, 0.1) is 12.3 Å². The number of terminal acetylenes is 1. The maximum Gasteiger partial charge on any atom is 0.124 e. The van der Waals surface area contributed by atoms with Crippen LogP contribution in [0.3, 0.4) is 0 Å². The van der Waals surface area contributed by atoms with Gasteiger partial charge in [-0.3, -0.25) is 0 Å². The summed E-state index contributed by atoms with van der Waals surface area (Å²) in [5, 5.41) is 13.3. The van der Waals surface area contributed by atoms with Gasteiger partial charge in [-0.1, -0.05) is 0 Å². The summed E-state index contributed by atoms with van der Waals surface area (Å²) in [7, 11) is 3.18. The molecule has 4 nitrogen and oxygen atoms in total. The Morgan fingerprint density at radius 1 is 1.37 bits per heavy atom. The van der Waals surface area contributed by atoms with Crippen LogP contribution in [-0.4, -0.2) is 32.4 Å². The number of nitrogens with one attached hydrogen (secondary N) is 1. The summed E-state index contributed by atoms with van der Waals surface area (Å²) < 4.78 is 10.4. The van der Waals surface area contributed by atoms with Crippen molar-refractivity contribution >= 4 is 0 Å². The van der Waals surface area contributed by atoms with Crippen molar-refractivity contribution in [1.29, 1.82) is 0 Å². The Morgan fingerprint density at radius 2 is 2.16 bits per heavy atom. The molecule has 0 saturated heterocycles. The lowest BCUT2D eigenvalue weighted by Crippen LogP contribution is -2.22. The van der Waals surface area contributed by atoms with Gasteiger partial charge in [0.25, 0.3) is 0 Å². The van der Waals surface area contributed by atoms with Gasteiger partial charge in [0.15, 0.2) is 0 Å². The first-order valence-corrected chi connectivity index (χ1v) is 6.27. The third-order valence-electron chi connectivity index (χ3n) is 2.81. The van der Waals surface area contributed by atoms with Crippen molar-refractivity contribution in [2.45, 2.75) is 18.9 Å². The van der Waals surface area contributed by atoms with Gasteiger partial charge in [0, 0.05) is 18.5 Å². The number of benzene rings is 1. The van der Waals surface area contributed by atoms with Crippen LogP contribution in [-0.2, 0) is 0 Å². The van der Waals surface area contributed by atoms with E-state index in [0.717, 1.165) is 19.4 Å². The van der Waals surface area contributed by atoms with Crippen LogP contribution in [0.15, 0.2) is 18.2 Å². The largest absolute Gasteiger partial charge is 0.497 e. The fourth-order valence-corrected chi connectivity index (χ4v) is 1.76. The molecule has 4 heteroatoms. The zero-order chi connectivity index (χ0) is 14.1. The zero-order valence-corrected chi connectivity index (χ0v) is 11.5. The van der Waals surface area contributed by atoms with Gasteiger partial charge in [-0.05, 0) is 31.2 Å². The molecule has 1 aromatic carbocycles. The summed E-state index contributed by atoms with van der Waals surface area (Å²) in [6.45, 7) is 1.24. The Morgan fingerprint density at radius 3 is 2.79 bits per heavy atom. The number of methoxy groups -OCH3 is 2. The van der Waals surface area contributed by atoms with E-state index in [0.29, 0.717) is 23.6 Å². The number of hydrogen-bond acceptors (Lipinski definition) is 4. The van der Waals surface area contributed by atoms with Gasteiger partial charge in [-0.25, -0.2) is 0 Å². The van der Waals surface area contributed by atoms with Gasteiger partial charge < -0.3 is 19.9 Å². The summed E-state index contributed by atoms with van der Waals surface area (Å²) in [6, 6.07) is 5.37. The Bertz CT molecular complexity index is 426. The maximum atomic E-state index is 10.2. The summed E-state index contributed by atoms with van der Waals surface area (Å²) in [4.78, 5) is 0. The van der Waals surface area contributed by atoms with Crippen LogP contribution in [0.25, 0.3) is 0 Å². The summed E-state index contributed by atoms with van der Waals surface area (Å²) in [5.41, 5.74) is 0.714. The number of hydrogen-bond donors (Lipinski definition) is 2. The van der Waals surface area contributed by atoms with E-state index in [1.165, 1.54) is 0 Å². The van der Waals surface area contributed by atoms with Crippen molar-refractivity contribution < 1.29 is 14.6 Å². The van der Waals surface area contributed by atoms with Gasteiger partial charge in [0.2, 0.25) is 0 Å². The topological polar surface area (TPSA) is 50.7 Å². The van der Waals surface area contributed by atoms with Crippen molar-refractivity contribution in [1.82, 2.24) is 5.32 Å². The summed E-state index contributed by atoms with van der Waals surface area (Å²) >= 11 is 0. The molecule has 0 amide bonds. The van der Waals surface area contributed by atoms with Crippen LogP contribution in [0.2, 0.25) is 0 Å². The second kappa shape index (κ2) is 8.41. The van der Waals surface area contributed by atoms with Crippen molar-refractivity contribution in [3.63, 3.8) is 0 Å². The Labute approximate surface area is 114 Å². The van der Waals surface area contributed by atoms with Gasteiger partial charge in [0.05, 0.1) is 20.3 Å². The normalized spacial score (nSPS) is 11.7. The molecule has 0 bridgehead atoms. The van der Waals surface area contributed by atoms with Crippen LogP contribution >= 0.6 is 0 Å². The third kappa shape index (κ3) is 4.82. The Balaban J connectivity index is 2.59. The fourth-order valence-electron chi connectivity index (χ4n) is 1.76. The maximum absolute atomic E-state index is 10.2. The van der Waals surface area contributed by atoms with Gasteiger partial charge >= 0.3 is 0 Å². The molecule has 0 aliphatic carbocycles. The van der Waals surface area contributed by atoms with E-state index in [9.17, 15) is 5.11 Å². The van der Waals surface area contributed by atoms with E-state index in [4.69, 9.17) is 15.9 Å². The molecule has 1 atom stereocenters. The van der Waals surface area contributed by atoms with Crippen molar-refractivity contribution in [2.75, 3.05) is 27.3 Å². The molecular weight excluding hydrogens is 242 g/mol. The molecule has 0 aromatic heterocycles. The van der Waals surface area contributed by atoms with E-state index >= 15 is 0 Å². The lowest BCUT2D eigenvalue weighted by molar-refractivity contribution is 0.170. The minimum absolute atomic E-state index is 0.452. The highest BCUT2D eigenvalue weighted by molar-refractivity contribution is 5.41. The van der Waals surface area contributed by atoms with Gasteiger partial charge in [-0.15, -0.1) is 12.3 Å². The second-order valence-electron chi connectivity index (χ2n) is 4.14. The number of rotatable bonds is 8. The number of aliphatic hydroxyl groups is 1. The minimum atomic E-state index is -0.643. The molecule has 0 fully saturated rings. The molecule has 0 heterocycles. The minimum Gasteiger partial charge on any atom is -0.497 e. The molecule has 1 unspecified atom stereocenters. The van der Waals surface area contributed by atoms with Crippen molar-refractivity contribution in [3.8, 4) is 23.8 Å². The fraction of sp³-hybridized carbons (Fsp3) is 0.467. The van der Waals surface area contributed by atoms with E-state index in [-0.39, 0.29) is 0 Å². The molecule has 0 saturated carbocycles. The van der Waals surface area contributed by atoms with E-state index in [1.54, 1.807) is 32.4 Å². The lowest BCUT2D eigenvalue weighted by Gasteiger charge is -2.16. The first-order valence-electron chi connectivity index (χ1n) is 6.27. The summed E-state index contributed by atoms with van der Waals surface area (Å²) in [5.74, 6) is 3.93. The molecule has 0 aliphatic heterocycles. The molecule has 0 radical (unpaired) electrons. The van der Waals surface area contributed by atoms with E-state index in [2.05, 4.69) is 11.2 Å². The smallest absolute Gasteiger partial charge is 0.124 e. The monoisotopic (exact) mass is 263 g/mol. The highest BCUT2D eigenvalue weighted by Crippen LogP contribution is 2.28. The molecule has 104 valence electrons. The first kappa shape index (κ1) is 15.4. The molecule has 19 heavy (non-hydrogen) atoms.